The van der Waals surface area contributed by atoms with Gasteiger partial charge in [-0.15, -0.1) is 0 Å². The van der Waals surface area contributed by atoms with Gasteiger partial charge in [0.05, 0.1) is 6.10 Å². The molecule has 1 amide bonds. The van der Waals surface area contributed by atoms with E-state index in [0.717, 1.165) is 57.6 Å². The minimum absolute atomic E-state index is 0.113. The molecule has 1 saturated heterocycles. The van der Waals surface area contributed by atoms with E-state index in [9.17, 15) is 9.90 Å². The number of hydrogen-bond acceptors (Lipinski definition) is 5. The molecule has 0 aromatic carbocycles. The predicted molar refractivity (Wildman–Crippen MR) is 82.6 cm³/mol. The summed E-state index contributed by atoms with van der Waals surface area (Å²) in [5.74, 6) is 1.15. The second kappa shape index (κ2) is 7.15. The summed E-state index contributed by atoms with van der Waals surface area (Å²) >= 11 is 0. The summed E-state index contributed by atoms with van der Waals surface area (Å²) in [6.07, 6.45) is 6.45. The molecule has 2 aliphatic rings. The van der Waals surface area contributed by atoms with E-state index in [1.54, 1.807) is 12.3 Å². The highest BCUT2D eigenvalue weighted by Crippen LogP contribution is 2.37. The van der Waals surface area contributed by atoms with Crippen molar-refractivity contribution in [2.45, 2.75) is 44.1 Å². The van der Waals surface area contributed by atoms with E-state index in [2.05, 4.69) is 20.2 Å². The lowest BCUT2D eigenvalue weighted by Gasteiger charge is -2.29. The van der Waals surface area contributed by atoms with Crippen LogP contribution in [0.15, 0.2) is 12.3 Å². The van der Waals surface area contributed by atoms with Crippen LogP contribution in [-0.2, 0) is 0 Å². The molecular weight excluding hydrogens is 280 g/mol. The van der Waals surface area contributed by atoms with Gasteiger partial charge in [-0.2, -0.15) is 0 Å². The molecule has 0 bridgehead atoms. The van der Waals surface area contributed by atoms with Crippen molar-refractivity contribution in [2.75, 3.05) is 26.2 Å². The van der Waals surface area contributed by atoms with Crippen LogP contribution in [0, 0.1) is 0 Å². The third kappa shape index (κ3) is 4.24. The zero-order valence-electron chi connectivity index (χ0n) is 12.9. The summed E-state index contributed by atoms with van der Waals surface area (Å²) in [6, 6.07) is 1.67. The highest BCUT2D eigenvalue weighted by Gasteiger charge is 2.27. The van der Waals surface area contributed by atoms with Crippen molar-refractivity contribution >= 4 is 5.91 Å². The third-order valence-electron chi connectivity index (χ3n) is 4.34. The SMILES string of the molecule is O=C(NCCCN1CCC(O)CC1)c1ccnc(C2CC2)n1. The minimum Gasteiger partial charge on any atom is -0.393 e. The van der Waals surface area contributed by atoms with Crippen LogP contribution in [0.3, 0.4) is 0 Å². The highest BCUT2D eigenvalue weighted by atomic mass is 16.3. The molecular formula is C16H24N4O2. The summed E-state index contributed by atoms with van der Waals surface area (Å²) in [5.41, 5.74) is 0.470. The van der Waals surface area contributed by atoms with Crippen LogP contribution in [0.1, 0.15) is 54.3 Å². The molecule has 1 saturated carbocycles. The molecule has 1 aliphatic heterocycles. The first-order valence-corrected chi connectivity index (χ1v) is 8.24. The molecule has 2 N–H and O–H groups in total. The number of amides is 1. The van der Waals surface area contributed by atoms with Crippen molar-refractivity contribution in [3.8, 4) is 0 Å². The molecule has 0 unspecified atom stereocenters. The third-order valence-corrected chi connectivity index (χ3v) is 4.34. The van der Waals surface area contributed by atoms with Crippen LogP contribution in [0.4, 0.5) is 0 Å². The fourth-order valence-corrected chi connectivity index (χ4v) is 2.78. The number of likely N-dealkylation sites (tertiary alicyclic amines) is 1. The van der Waals surface area contributed by atoms with Crippen molar-refractivity contribution in [3.05, 3.63) is 23.8 Å². The Hall–Kier alpha value is -1.53. The van der Waals surface area contributed by atoms with Crippen molar-refractivity contribution < 1.29 is 9.90 Å². The maximum Gasteiger partial charge on any atom is 0.270 e. The van der Waals surface area contributed by atoms with E-state index in [-0.39, 0.29) is 12.0 Å². The first kappa shape index (κ1) is 15.4. The molecule has 120 valence electrons. The largest absolute Gasteiger partial charge is 0.393 e. The molecule has 1 aromatic rings. The molecule has 2 fully saturated rings. The molecule has 1 aliphatic carbocycles. The standard InChI is InChI=1S/C16H24N4O2/c21-13-5-10-20(11-6-13)9-1-7-18-16(22)14-4-8-17-15(19-14)12-2-3-12/h4,8,12-13,21H,1-3,5-7,9-11H2,(H,18,22). The van der Waals surface area contributed by atoms with Gasteiger partial charge in [-0.25, -0.2) is 9.97 Å². The van der Waals surface area contributed by atoms with Gasteiger partial charge in [0.25, 0.3) is 5.91 Å². The van der Waals surface area contributed by atoms with E-state index >= 15 is 0 Å². The van der Waals surface area contributed by atoms with Gasteiger partial charge in [0, 0.05) is 31.7 Å². The molecule has 22 heavy (non-hydrogen) atoms. The van der Waals surface area contributed by atoms with Crippen LogP contribution >= 0.6 is 0 Å². The average Bonchev–Trinajstić information content (AvgIpc) is 3.38. The smallest absolute Gasteiger partial charge is 0.270 e. The van der Waals surface area contributed by atoms with Gasteiger partial charge in [0.15, 0.2) is 0 Å². The highest BCUT2D eigenvalue weighted by molar-refractivity contribution is 5.92. The second-order valence-corrected chi connectivity index (χ2v) is 6.26. The summed E-state index contributed by atoms with van der Waals surface area (Å²) < 4.78 is 0. The van der Waals surface area contributed by atoms with E-state index < -0.39 is 0 Å². The monoisotopic (exact) mass is 304 g/mol. The number of aliphatic hydroxyl groups is 1. The van der Waals surface area contributed by atoms with E-state index in [1.807, 2.05) is 0 Å². The molecule has 1 aromatic heterocycles. The Morgan fingerprint density at radius 1 is 1.32 bits per heavy atom. The maximum absolute atomic E-state index is 12.1. The number of aliphatic hydroxyl groups excluding tert-OH is 1. The number of rotatable bonds is 6. The number of nitrogens with one attached hydrogen (secondary N) is 1. The topological polar surface area (TPSA) is 78.4 Å². The van der Waals surface area contributed by atoms with Crippen molar-refractivity contribution in [1.29, 1.82) is 0 Å². The zero-order chi connectivity index (χ0) is 15.4. The Bertz CT molecular complexity index is 511. The lowest BCUT2D eigenvalue weighted by Crippen LogP contribution is -2.37. The molecule has 2 heterocycles. The summed E-state index contributed by atoms with van der Waals surface area (Å²) in [7, 11) is 0. The van der Waals surface area contributed by atoms with E-state index in [0.29, 0.717) is 18.2 Å². The normalized spacial score (nSPS) is 20.0. The number of nitrogens with zero attached hydrogens (tertiary/aromatic N) is 3. The van der Waals surface area contributed by atoms with Crippen molar-refractivity contribution in [3.63, 3.8) is 0 Å². The summed E-state index contributed by atoms with van der Waals surface area (Å²) in [5, 5.41) is 12.4. The Labute approximate surface area is 131 Å². The van der Waals surface area contributed by atoms with Crippen LogP contribution in [0.2, 0.25) is 0 Å². The number of hydrogen-bond donors (Lipinski definition) is 2. The van der Waals surface area contributed by atoms with Gasteiger partial charge in [0.2, 0.25) is 0 Å². The van der Waals surface area contributed by atoms with E-state index in [4.69, 9.17) is 0 Å². The lowest BCUT2D eigenvalue weighted by atomic mass is 10.1. The van der Waals surface area contributed by atoms with Gasteiger partial charge in [-0.3, -0.25) is 4.79 Å². The zero-order valence-corrected chi connectivity index (χ0v) is 12.9. The minimum atomic E-state index is -0.130. The molecule has 0 radical (unpaired) electrons. The quantitative estimate of drug-likeness (QED) is 0.765. The fraction of sp³-hybridized carbons (Fsp3) is 0.688. The van der Waals surface area contributed by atoms with E-state index in [1.165, 1.54) is 0 Å². The number of aromatic nitrogens is 2. The van der Waals surface area contributed by atoms with Crippen molar-refractivity contribution in [1.82, 2.24) is 20.2 Å². The van der Waals surface area contributed by atoms with Crippen LogP contribution in [-0.4, -0.2) is 58.2 Å². The second-order valence-electron chi connectivity index (χ2n) is 6.26. The van der Waals surface area contributed by atoms with Gasteiger partial charge in [-0.1, -0.05) is 0 Å². The Morgan fingerprint density at radius 3 is 2.82 bits per heavy atom. The van der Waals surface area contributed by atoms with Crippen LogP contribution in [0.5, 0.6) is 0 Å². The molecule has 0 spiro atoms. The molecule has 0 atom stereocenters. The number of carbonyl (C=O) groups excluding carboxylic acids is 1. The summed E-state index contributed by atoms with van der Waals surface area (Å²) in [6.45, 7) is 3.52. The van der Waals surface area contributed by atoms with Gasteiger partial charge >= 0.3 is 0 Å². The first-order chi connectivity index (χ1) is 10.7. The van der Waals surface area contributed by atoms with Crippen molar-refractivity contribution in [2.24, 2.45) is 0 Å². The lowest BCUT2D eigenvalue weighted by molar-refractivity contribution is 0.0816. The Balaban J connectivity index is 1.38. The summed E-state index contributed by atoms with van der Waals surface area (Å²) in [4.78, 5) is 23.0. The molecule has 6 heteroatoms. The average molecular weight is 304 g/mol. The van der Waals surface area contributed by atoms with Gasteiger partial charge < -0.3 is 15.3 Å². The predicted octanol–water partition coefficient (Wildman–Crippen LogP) is 0.931. The van der Waals surface area contributed by atoms with Crippen LogP contribution < -0.4 is 5.32 Å². The molecule has 6 nitrogen and oxygen atoms in total. The number of piperidine rings is 1. The molecule has 3 rings (SSSR count). The van der Waals surface area contributed by atoms with Gasteiger partial charge in [0.1, 0.15) is 11.5 Å². The van der Waals surface area contributed by atoms with Crippen LogP contribution in [0.25, 0.3) is 0 Å². The fourth-order valence-electron chi connectivity index (χ4n) is 2.78. The Kier molecular flexibility index (Phi) is 5.00. The Morgan fingerprint density at radius 2 is 2.09 bits per heavy atom. The van der Waals surface area contributed by atoms with Gasteiger partial charge in [-0.05, 0) is 44.7 Å². The maximum atomic E-state index is 12.1. The number of carbonyl (C=O) groups is 1. The first-order valence-electron chi connectivity index (χ1n) is 8.24.